The topological polar surface area (TPSA) is 70.7 Å². The van der Waals surface area contributed by atoms with Crippen molar-refractivity contribution in [3.8, 4) is 5.75 Å². The zero-order valence-electron chi connectivity index (χ0n) is 15.5. The van der Waals surface area contributed by atoms with Crippen molar-refractivity contribution in [2.45, 2.75) is 0 Å². The summed E-state index contributed by atoms with van der Waals surface area (Å²) in [5, 5.41) is 5.30. The van der Waals surface area contributed by atoms with Gasteiger partial charge in [0.2, 0.25) is 0 Å². The molecule has 0 atom stereocenters. The molecule has 0 heterocycles. The SMILES string of the molecule is COc1cccc(NC(=O)NCC(=O)N(c2ccccc2)c2ccccc2)c1. The third-order valence-corrected chi connectivity index (χ3v) is 4.01. The maximum Gasteiger partial charge on any atom is 0.319 e. The minimum absolute atomic E-state index is 0.153. The first-order valence-corrected chi connectivity index (χ1v) is 8.79. The highest BCUT2D eigenvalue weighted by Crippen LogP contribution is 2.24. The van der Waals surface area contributed by atoms with Crippen LogP contribution in [0, 0.1) is 0 Å². The number of rotatable bonds is 6. The van der Waals surface area contributed by atoms with Crippen molar-refractivity contribution in [3.63, 3.8) is 0 Å². The predicted octanol–water partition coefficient (Wildman–Crippen LogP) is 4.18. The van der Waals surface area contributed by atoms with E-state index in [1.165, 1.54) is 0 Å². The van der Waals surface area contributed by atoms with Gasteiger partial charge < -0.3 is 15.4 Å². The first-order valence-electron chi connectivity index (χ1n) is 8.79. The van der Waals surface area contributed by atoms with Gasteiger partial charge in [-0.25, -0.2) is 4.79 Å². The van der Waals surface area contributed by atoms with E-state index in [1.807, 2.05) is 60.7 Å². The van der Waals surface area contributed by atoms with Gasteiger partial charge in [0, 0.05) is 23.1 Å². The molecule has 0 radical (unpaired) electrons. The van der Waals surface area contributed by atoms with E-state index in [2.05, 4.69) is 10.6 Å². The van der Waals surface area contributed by atoms with E-state index in [1.54, 1.807) is 36.3 Å². The molecule has 142 valence electrons. The lowest BCUT2D eigenvalue weighted by Gasteiger charge is -2.23. The molecule has 28 heavy (non-hydrogen) atoms. The second kappa shape index (κ2) is 9.23. The number of methoxy groups -OCH3 is 1. The maximum atomic E-state index is 12.9. The van der Waals surface area contributed by atoms with E-state index in [0.29, 0.717) is 11.4 Å². The quantitative estimate of drug-likeness (QED) is 0.679. The first-order chi connectivity index (χ1) is 13.7. The maximum absolute atomic E-state index is 12.9. The molecule has 0 saturated carbocycles. The van der Waals surface area contributed by atoms with Gasteiger partial charge >= 0.3 is 6.03 Å². The van der Waals surface area contributed by atoms with Gasteiger partial charge in [-0.15, -0.1) is 0 Å². The molecule has 0 bridgehead atoms. The van der Waals surface area contributed by atoms with Crippen molar-refractivity contribution in [1.82, 2.24) is 5.32 Å². The molecule has 0 spiro atoms. The number of benzene rings is 3. The van der Waals surface area contributed by atoms with Gasteiger partial charge in [-0.2, -0.15) is 0 Å². The Morgan fingerprint density at radius 2 is 1.46 bits per heavy atom. The van der Waals surface area contributed by atoms with E-state index in [9.17, 15) is 9.59 Å². The fourth-order valence-corrected chi connectivity index (χ4v) is 2.70. The van der Waals surface area contributed by atoms with Gasteiger partial charge in [-0.1, -0.05) is 42.5 Å². The van der Waals surface area contributed by atoms with Gasteiger partial charge in [0.25, 0.3) is 5.91 Å². The van der Waals surface area contributed by atoms with Crippen LogP contribution < -0.4 is 20.3 Å². The van der Waals surface area contributed by atoms with Crippen molar-refractivity contribution >= 4 is 29.0 Å². The smallest absolute Gasteiger partial charge is 0.319 e. The van der Waals surface area contributed by atoms with E-state index >= 15 is 0 Å². The van der Waals surface area contributed by atoms with Crippen LogP contribution in [0.1, 0.15) is 0 Å². The fourth-order valence-electron chi connectivity index (χ4n) is 2.70. The molecule has 6 heteroatoms. The highest BCUT2D eigenvalue weighted by atomic mass is 16.5. The standard InChI is InChI=1S/C22H21N3O3/c1-28-20-14-8-9-17(15-20)24-22(27)23-16-21(26)25(18-10-4-2-5-11-18)19-12-6-3-7-13-19/h2-15H,16H2,1H3,(H2,23,24,27). The Bertz CT molecular complexity index is 891. The Morgan fingerprint density at radius 1 is 0.857 bits per heavy atom. The number of hydrogen-bond acceptors (Lipinski definition) is 3. The fraction of sp³-hybridized carbons (Fsp3) is 0.0909. The molecule has 0 saturated heterocycles. The molecule has 2 N–H and O–H groups in total. The van der Waals surface area contributed by atoms with Gasteiger partial charge in [0.1, 0.15) is 5.75 Å². The molecular formula is C22H21N3O3. The number of amides is 3. The zero-order chi connectivity index (χ0) is 19.8. The van der Waals surface area contributed by atoms with Crippen LogP contribution in [0.25, 0.3) is 0 Å². The number of anilines is 3. The van der Waals surface area contributed by atoms with Crippen LogP contribution in [0.3, 0.4) is 0 Å². The molecule has 0 aliphatic rings. The first kappa shape index (κ1) is 19.0. The highest BCUT2D eigenvalue weighted by molar-refractivity contribution is 6.03. The Hall–Kier alpha value is -3.80. The third kappa shape index (κ3) is 4.88. The van der Waals surface area contributed by atoms with E-state index in [0.717, 1.165) is 11.4 Å². The number of carbonyl (C=O) groups is 2. The van der Waals surface area contributed by atoms with Crippen molar-refractivity contribution in [3.05, 3.63) is 84.9 Å². The summed E-state index contributed by atoms with van der Waals surface area (Å²) in [6, 6.07) is 25.1. The minimum atomic E-state index is -0.470. The van der Waals surface area contributed by atoms with Crippen molar-refractivity contribution in [2.75, 3.05) is 23.9 Å². The lowest BCUT2D eigenvalue weighted by Crippen LogP contribution is -2.39. The summed E-state index contributed by atoms with van der Waals surface area (Å²) in [4.78, 5) is 26.6. The number of ether oxygens (including phenoxy) is 1. The number of carbonyl (C=O) groups excluding carboxylic acids is 2. The second-order valence-electron chi connectivity index (χ2n) is 5.94. The van der Waals surface area contributed by atoms with Gasteiger partial charge in [0.15, 0.2) is 0 Å². The summed E-state index contributed by atoms with van der Waals surface area (Å²) >= 11 is 0. The molecule has 0 aliphatic heterocycles. The number of urea groups is 1. The van der Waals surface area contributed by atoms with Crippen molar-refractivity contribution in [1.29, 1.82) is 0 Å². The third-order valence-electron chi connectivity index (χ3n) is 4.01. The Kier molecular flexibility index (Phi) is 6.25. The summed E-state index contributed by atoms with van der Waals surface area (Å²) in [5.74, 6) is 0.381. The van der Waals surface area contributed by atoms with Crippen LogP contribution in [0.5, 0.6) is 5.75 Å². The Labute approximate surface area is 163 Å². The van der Waals surface area contributed by atoms with Crippen LogP contribution in [-0.2, 0) is 4.79 Å². The largest absolute Gasteiger partial charge is 0.497 e. The molecule has 6 nitrogen and oxygen atoms in total. The summed E-state index contributed by atoms with van der Waals surface area (Å²) in [6.07, 6.45) is 0. The molecule has 3 aromatic rings. The number of nitrogens with zero attached hydrogens (tertiary/aromatic N) is 1. The second-order valence-corrected chi connectivity index (χ2v) is 5.94. The van der Waals surface area contributed by atoms with Crippen LogP contribution in [0.2, 0.25) is 0 Å². The molecule has 0 fully saturated rings. The normalized spacial score (nSPS) is 10.0. The summed E-state index contributed by atoms with van der Waals surface area (Å²) in [6.45, 7) is -0.153. The molecule has 0 aromatic heterocycles. The van der Waals surface area contributed by atoms with Crippen LogP contribution >= 0.6 is 0 Å². The Morgan fingerprint density at radius 3 is 2.04 bits per heavy atom. The van der Waals surface area contributed by atoms with Gasteiger partial charge in [-0.05, 0) is 36.4 Å². The molecule has 3 rings (SSSR count). The van der Waals surface area contributed by atoms with E-state index in [-0.39, 0.29) is 12.5 Å². The minimum Gasteiger partial charge on any atom is -0.497 e. The van der Waals surface area contributed by atoms with Crippen LogP contribution in [-0.4, -0.2) is 25.6 Å². The summed E-state index contributed by atoms with van der Waals surface area (Å²) in [7, 11) is 1.56. The van der Waals surface area contributed by atoms with Gasteiger partial charge in [0.05, 0.1) is 13.7 Å². The van der Waals surface area contributed by atoms with Crippen LogP contribution in [0.15, 0.2) is 84.9 Å². The lowest BCUT2D eigenvalue weighted by atomic mass is 10.2. The number of para-hydroxylation sites is 2. The molecule has 0 unspecified atom stereocenters. The average molecular weight is 375 g/mol. The summed E-state index contributed by atoms with van der Waals surface area (Å²) in [5.41, 5.74) is 2.04. The molecule has 0 aliphatic carbocycles. The predicted molar refractivity (Wildman–Crippen MR) is 110 cm³/mol. The highest BCUT2D eigenvalue weighted by Gasteiger charge is 2.18. The zero-order valence-corrected chi connectivity index (χ0v) is 15.5. The number of nitrogens with one attached hydrogen (secondary N) is 2. The monoisotopic (exact) mass is 375 g/mol. The molecular weight excluding hydrogens is 354 g/mol. The summed E-state index contributed by atoms with van der Waals surface area (Å²) < 4.78 is 5.13. The van der Waals surface area contributed by atoms with E-state index < -0.39 is 6.03 Å². The van der Waals surface area contributed by atoms with Crippen molar-refractivity contribution < 1.29 is 14.3 Å². The van der Waals surface area contributed by atoms with Crippen LogP contribution in [0.4, 0.5) is 21.9 Å². The van der Waals surface area contributed by atoms with E-state index in [4.69, 9.17) is 4.74 Å². The average Bonchev–Trinajstić information content (AvgIpc) is 2.74. The number of hydrogen-bond donors (Lipinski definition) is 2. The van der Waals surface area contributed by atoms with Gasteiger partial charge in [-0.3, -0.25) is 9.69 Å². The van der Waals surface area contributed by atoms with Crippen molar-refractivity contribution in [2.24, 2.45) is 0 Å². The molecule has 3 aromatic carbocycles. The molecule has 3 amide bonds. The Balaban J connectivity index is 1.67. The lowest BCUT2D eigenvalue weighted by molar-refractivity contribution is -0.116.